The predicted molar refractivity (Wildman–Crippen MR) is 84.9 cm³/mol. The van der Waals surface area contributed by atoms with Crippen molar-refractivity contribution < 1.29 is 4.74 Å². The molecule has 0 unspecified atom stereocenters. The highest BCUT2D eigenvalue weighted by Gasteiger charge is 2.30. The summed E-state index contributed by atoms with van der Waals surface area (Å²) in [5.41, 5.74) is 0.823. The summed E-state index contributed by atoms with van der Waals surface area (Å²) in [7, 11) is 0. The third-order valence-electron chi connectivity index (χ3n) is 3.32. The van der Waals surface area contributed by atoms with Gasteiger partial charge >= 0.3 is 0 Å². The maximum Gasteiger partial charge on any atom is 0.0475 e. The fraction of sp³-hybridized carbons (Fsp3) is 0.600. The van der Waals surface area contributed by atoms with Gasteiger partial charge in [0.25, 0.3) is 0 Å². The summed E-state index contributed by atoms with van der Waals surface area (Å²) < 4.78 is 5.63. The number of alkyl halides is 2. The molecule has 1 rings (SSSR count). The number of ether oxygens (including phenoxy) is 1. The van der Waals surface area contributed by atoms with Crippen LogP contribution in [0.3, 0.4) is 0 Å². The van der Waals surface area contributed by atoms with E-state index in [9.17, 15) is 0 Å². The van der Waals surface area contributed by atoms with Crippen molar-refractivity contribution in [2.45, 2.75) is 31.6 Å². The van der Waals surface area contributed by atoms with Gasteiger partial charge in [-0.15, -0.1) is 23.2 Å². The Morgan fingerprint density at radius 2 is 1.89 bits per heavy atom. The lowest BCUT2D eigenvalue weighted by Gasteiger charge is -2.30. The maximum atomic E-state index is 6.17. The highest BCUT2D eigenvalue weighted by Crippen LogP contribution is 2.32. The van der Waals surface area contributed by atoms with E-state index in [1.807, 2.05) is 24.3 Å². The van der Waals surface area contributed by atoms with Gasteiger partial charge in [-0.25, -0.2) is 0 Å². The molecule has 4 heteroatoms. The standard InChI is InChI=1S/C15H21Cl3O/c1-2-3-8-19-9-7-15(11-16,12-17)13-5-4-6-14(18)10-13/h4-6,10H,2-3,7-9,11-12H2,1H3. The number of unbranched alkanes of at least 4 members (excludes halogenated alkanes) is 1. The fourth-order valence-electron chi connectivity index (χ4n) is 1.90. The monoisotopic (exact) mass is 322 g/mol. The third-order valence-corrected chi connectivity index (χ3v) is 4.57. The lowest BCUT2D eigenvalue weighted by atomic mass is 9.81. The molecule has 0 aliphatic carbocycles. The van der Waals surface area contributed by atoms with Gasteiger partial charge in [0.2, 0.25) is 0 Å². The Morgan fingerprint density at radius 1 is 1.16 bits per heavy atom. The van der Waals surface area contributed by atoms with E-state index in [1.165, 1.54) is 0 Å². The molecule has 0 aliphatic heterocycles. The minimum absolute atomic E-state index is 0.264. The van der Waals surface area contributed by atoms with Crippen LogP contribution in [0.25, 0.3) is 0 Å². The van der Waals surface area contributed by atoms with Crippen molar-refractivity contribution in [2.75, 3.05) is 25.0 Å². The molecule has 0 fully saturated rings. The molecule has 0 N–H and O–H groups in total. The third kappa shape index (κ3) is 5.15. The molecule has 0 amide bonds. The van der Waals surface area contributed by atoms with Gasteiger partial charge in [-0.2, -0.15) is 0 Å². The van der Waals surface area contributed by atoms with Gasteiger partial charge in [0.05, 0.1) is 0 Å². The van der Waals surface area contributed by atoms with Crippen LogP contribution in [-0.2, 0) is 10.2 Å². The quantitative estimate of drug-likeness (QED) is 0.445. The van der Waals surface area contributed by atoms with Crippen LogP contribution in [-0.4, -0.2) is 25.0 Å². The molecule has 108 valence electrons. The first-order chi connectivity index (χ1) is 9.18. The van der Waals surface area contributed by atoms with Crippen molar-refractivity contribution in [3.63, 3.8) is 0 Å². The molecule has 19 heavy (non-hydrogen) atoms. The van der Waals surface area contributed by atoms with Crippen molar-refractivity contribution >= 4 is 34.8 Å². The number of benzene rings is 1. The zero-order valence-corrected chi connectivity index (χ0v) is 13.6. The van der Waals surface area contributed by atoms with Crippen LogP contribution in [0.15, 0.2) is 24.3 Å². The van der Waals surface area contributed by atoms with Crippen LogP contribution >= 0.6 is 34.8 Å². The second-order valence-electron chi connectivity index (χ2n) is 4.77. The Kier molecular flexibility index (Phi) is 8.17. The zero-order chi connectivity index (χ0) is 14.1. The molecule has 1 aromatic rings. The second kappa shape index (κ2) is 9.07. The van der Waals surface area contributed by atoms with Crippen molar-refractivity contribution in [1.29, 1.82) is 0 Å². The van der Waals surface area contributed by atoms with Crippen molar-refractivity contribution in [3.05, 3.63) is 34.9 Å². The molecule has 0 spiro atoms. The zero-order valence-electron chi connectivity index (χ0n) is 11.3. The van der Waals surface area contributed by atoms with Gasteiger partial charge in [0.1, 0.15) is 0 Å². The average molecular weight is 324 g/mol. The number of rotatable bonds is 9. The fourth-order valence-corrected chi connectivity index (χ4v) is 2.95. The lowest BCUT2D eigenvalue weighted by Crippen LogP contribution is -2.32. The first kappa shape index (κ1) is 17.1. The van der Waals surface area contributed by atoms with Crippen LogP contribution in [0, 0.1) is 0 Å². The molecule has 1 aromatic carbocycles. The van der Waals surface area contributed by atoms with E-state index in [4.69, 9.17) is 39.5 Å². The predicted octanol–water partition coefficient (Wildman–Crippen LogP) is 5.26. The van der Waals surface area contributed by atoms with Gasteiger partial charge in [-0.1, -0.05) is 37.1 Å². The Labute approximate surface area is 131 Å². The largest absolute Gasteiger partial charge is 0.381 e. The number of hydrogen-bond donors (Lipinski definition) is 0. The van der Waals surface area contributed by atoms with E-state index < -0.39 is 0 Å². The molecular weight excluding hydrogens is 303 g/mol. The highest BCUT2D eigenvalue weighted by molar-refractivity contribution is 6.30. The topological polar surface area (TPSA) is 9.23 Å². The molecule has 0 radical (unpaired) electrons. The van der Waals surface area contributed by atoms with Gasteiger partial charge in [0, 0.05) is 35.4 Å². The molecule has 0 aliphatic rings. The SMILES string of the molecule is CCCCOCCC(CCl)(CCl)c1cccc(Cl)c1. The van der Waals surface area contributed by atoms with E-state index in [0.717, 1.165) is 31.4 Å². The van der Waals surface area contributed by atoms with E-state index in [0.29, 0.717) is 23.4 Å². The molecule has 0 saturated heterocycles. The minimum atomic E-state index is -0.264. The van der Waals surface area contributed by atoms with Crippen LogP contribution in [0.2, 0.25) is 5.02 Å². The first-order valence-corrected chi connectivity index (χ1v) is 8.09. The normalized spacial score (nSPS) is 11.8. The summed E-state index contributed by atoms with van der Waals surface area (Å²) in [5, 5.41) is 0.712. The van der Waals surface area contributed by atoms with E-state index in [1.54, 1.807) is 0 Å². The van der Waals surface area contributed by atoms with Gasteiger partial charge in [-0.3, -0.25) is 0 Å². The Bertz CT molecular complexity index is 364. The summed E-state index contributed by atoms with van der Waals surface area (Å²) >= 11 is 18.4. The summed E-state index contributed by atoms with van der Waals surface area (Å²) in [6.45, 7) is 3.62. The summed E-state index contributed by atoms with van der Waals surface area (Å²) in [6.07, 6.45) is 3.04. The smallest absolute Gasteiger partial charge is 0.0475 e. The van der Waals surface area contributed by atoms with Gasteiger partial charge in [0.15, 0.2) is 0 Å². The van der Waals surface area contributed by atoms with Crippen LogP contribution < -0.4 is 0 Å². The first-order valence-electron chi connectivity index (χ1n) is 6.64. The van der Waals surface area contributed by atoms with Crippen molar-refractivity contribution in [3.8, 4) is 0 Å². The molecule has 0 bridgehead atoms. The average Bonchev–Trinajstić information content (AvgIpc) is 2.43. The maximum absolute atomic E-state index is 6.17. The molecule has 0 saturated carbocycles. The Hall–Kier alpha value is 0.0500. The van der Waals surface area contributed by atoms with Crippen LogP contribution in [0.4, 0.5) is 0 Å². The van der Waals surface area contributed by atoms with E-state index in [2.05, 4.69) is 6.92 Å². The molecule has 0 aromatic heterocycles. The Balaban J connectivity index is 2.68. The van der Waals surface area contributed by atoms with Crippen molar-refractivity contribution in [1.82, 2.24) is 0 Å². The molecule has 1 nitrogen and oxygen atoms in total. The van der Waals surface area contributed by atoms with E-state index >= 15 is 0 Å². The number of hydrogen-bond acceptors (Lipinski definition) is 1. The van der Waals surface area contributed by atoms with Crippen LogP contribution in [0.1, 0.15) is 31.7 Å². The molecule has 0 heterocycles. The van der Waals surface area contributed by atoms with Gasteiger partial charge in [-0.05, 0) is 30.5 Å². The highest BCUT2D eigenvalue weighted by atomic mass is 35.5. The lowest BCUT2D eigenvalue weighted by molar-refractivity contribution is 0.116. The minimum Gasteiger partial charge on any atom is -0.381 e. The second-order valence-corrected chi connectivity index (χ2v) is 5.74. The molecule has 0 atom stereocenters. The van der Waals surface area contributed by atoms with Crippen LogP contribution in [0.5, 0.6) is 0 Å². The summed E-state index contributed by atoms with van der Waals surface area (Å²) in [6, 6.07) is 7.76. The van der Waals surface area contributed by atoms with Crippen molar-refractivity contribution in [2.24, 2.45) is 0 Å². The Morgan fingerprint density at radius 3 is 2.47 bits per heavy atom. The van der Waals surface area contributed by atoms with Gasteiger partial charge < -0.3 is 4.74 Å². The summed E-state index contributed by atoms with van der Waals surface area (Å²) in [5.74, 6) is 0.933. The van der Waals surface area contributed by atoms with E-state index in [-0.39, 0.29) is 5.41 Å². The molecular formula is C15H21Cl3O. The summed E-state index contributed by atoms with van der Waals surface area (Å²) in [4.78, 5) is 0. The number of halogens is 3.